The van der Waals surface area contributed by atoms with E-state index in [1.165, 1.54) is 12.4 Å². The van der Waals surface area contributed by atoms with E-state index in [0.717, 1.165) is 0 Å². The predicted molar refractivity (Wildman–Crippen MR) is 60.5 cm³/mol. The Kier molecular flexibility index (Phi) is 3.89. The molecule has 1 atom stereocenters. The molecule has 0 saturated heterocycles. The van der Waals surface area contributed by atoms with Crippen molar-refractivity contribution in [3.63, 3.8) is 0 Å². The molecule has 1 rings (SSSR count). The second-order valence-corrected chi connectivity index (χ2v) is 4.69. The average Bonchev–Trinajstić information content (AvgIpc) is 2.17. The molecule has 0 radical (unpaired) electrons. The van der Waals surface area contributed by atoms with Crippen molar-refractivity contribution in [3.05, 3.63) is 12.4 Å². The third-order valence-electron chi connectivity index (χ3n) is 2.25. The lowest BCUT2D eigenvalue weighted by atomic mass is 9.85. The maximum absolute atomic E-state index is 11.6. The quantitative estimate of drug-likeness (QED) is 0.781. The summed E-state index contributed by atoms with van der Waals surface area (Å²) in [5.41, 5.74) is 5.78. The van der Waals surface area contributed by atoms with Crippen LogP contribution in [-0.4, -0.2) is 27.1 Å². The summed E-state index contributed by atoms with van der Waals surface area (Å²) in [6.07, 6.45) is 3.14. The number of hydrogen-bond acceptors (Lipinski definition) is 5. The van der Waals surface area contributed by atoms with Gasteiger partial charge in [-0.3, -0.25) is 10.1 Å². The molecular formula is C10H17N5O. The number of rotatable bonds is 3. The van der Waals surface area contributed by atoms with Gasteiger partial charge in [0.2, 0.25) is 11.9 Å². The molecule has 0 aliphatic rings. The van der Waals surface area contributed by atoms with Gasteiger partial charge >= 0.3 is 0 Å². The molecule has 6 nitrogen and oxygen atoms in total. The van der Waals surface area contributed by atoms with Gasteiger partial charge in [0.25, 0.3) is 0 Å². The van der Waals surface area contributed by atoms with E-state index < -0.39 is 0 Å². The molecule has 0 spiro atoms. The molecule has 0 aliphatic carbocycles. The van der Waals surface area contributed by atoms with Crippen molar-refractivity contribution in [2.75, 3.05) is 5.32 Å². The highest BCUT2D eigenvalue weighted by Crippen LogP contribution is 2.19. The average molecular weight is 223 g/mol. The van der Waals surface area contributed by atoms with Crippen molar-refractivity contribution in [2.24, 2.45) is 11.1 Å². The second kappa shape index (κ2) is 4.98. The first-order chi connectivity index (χ1) is 7.39. The number of amides is 1. The first-order valence-electron chi connectivity index (χ1n) is 5.08. The van der Waals surface area contributed by atoms with E-state index in [2.05, 4.69) is 20.5 Å². The van der Waals surface area contributed by atoms with Gasteiger partial charge in [0, 0.05) is 12.5 Å². The molecule has 88 valence electrons. The van der Waals surface area contributed by atoms with Gasteiger partial charge in [0.1, 0.15) is 0 Å². The van der Waals surface area contributed by atoms with E-state index in [4.69, 9.17) is 5.73 Å². The van der Waals surface area contributed by atoms with Crippen molar-refractivity contribution >= 4 is 11.9 Å². The Morgan fingerprint density at radius 3 is 2.69 bits per heavy atom. The van der Waals surface area contributed by atoms with Crippen molar-refractivity contribution in [1.82, 2.24) is 15.2 Å². The zero-order chi connectivity index (χ0) is 12.2. The molecule has 0 aliphatic heterocycles. The van der Waals surface area contributed by atoms with Gasteiger partial charge < -0.3 is 5.73 Å². The number of aromatic nitrogens is 3. The van der Waals surface area contributed by atoms with Crippen LogP contribution in [0.5, 0.6) is 0 Å². The number of anilines is 1. The summed E-state index contributed by atoms with van der Waals surface area (Å²) in [5, 5.41) is 9.80. The Morgan fingerprint density at radius 2 is 2.19 bits per heavy atom. The summed E-state index contributed by atoms with van der Waals surface area (Å²) in [6.45, 7) is 5.97. The van der Waals surface area contributed by atoms with Crippen LogP contribution in [0.2, 0.25) is 0 Å². The van der Waals surface area contributed by atoms with Crippen LogP contribution < -0.4 is 11.1 Å². The van der Waals surface area contributed by atoms with Gasteiger partial charge in [0.05, 0.1) is 12.4 Å². The van der Waals surface area contributed by atoms with Crippen molar-refractivity contribution in [2.45, 2.75) is 33.2 Å². The van der Waals surface area contributed by atoms with Crippen LogP contribution >= 0.6 is 0 Å². The Bertz CT molecular complexity index is 346. The number of nitrogens with zero attached hydrogens (tertiary/aromatic N) is 3. The highest BCUT2D eigenvalue weighted by atomic mass is 16.1. The van der Waals surface area contributed by atoms with Gasteiger partial charge in [0.15, 0.2) is 0 Å². The molecule has 3 N–H and O–H groups in total. The van der Waals surface area contributed by atoms with E-state index in [1.807, 2.05) is 20.8 Å². The number of carbonyl (C=O) groups excluding carboxylic acids is 1. The molecule has 0 aromatic carbocycles. The van der Waals surface area contributed by atoms with Crippen LogP contribution in [0.25, 0.3) is 0 Å². The smallest absolute Gasteiger partial charge is 0.249 e. The van der Waals surface area contributed by atoms with E-state index in [-0.39, 0.29) is 29.7 Å². The molecule has 1 aromatic heterocycles. The zero-order valence-corrected chi connectivity index (χ0v) is 9.77. The number of nitrogens with one attached hydrogen (secondary N) is 1. The Hall–Kier alpha value is -1.56. The highest BCUT2D eigenvalue weighted by Gasteiger charge is 2.23. The highest BCUT2D eigenvalue weighted by molar-refractivity contribution is 5.89. The topological polar surface area (TPSA) is 93.8 Å². The summed E-state index contributed by atoms with van der Waals surface area (Å²) in [4.78, 5) is 15.4. The second-order valence-electron chi connectivity index (χ2n) is 4.69. The Balaban J connectivity index is 2.49. The van der Waals surface area contributed by atoms with Crippen molar-refractivity contribution in [1.29, 1.82) is 0 Å². The molecule has 1 unspecified atom stereocenters. The minimum absolute atomic E-state index is 0.104. The van der Waals surface area contributed by atoms with Crippen LogP contribution in [0, 0.1) is 5.41 Å². The van der Waals surface area contributed by atoms with Crippen LogP contribution in [0.15, 0.2) is 12.4 Å². The van der Waals surface area contributed by atoms with Gasteiger partial charge in [-0.05, 0) is 5.41 Å². The summed E-state index contributed by atoms with van der Waals surface area (Å²) < 4.78 is 0. The predicted octanol–water partition coefficient (Wildman–Crippen LogP) is 0.574. The Labute approximate surface area is 94.7 Å². The molecule has 1 heterocycles. The van der Waals surface area contributed by atoms with Crippen molar-refractivity contribution in [3.8, 4) is 0 Å². The first-order valence-corrected chi connectivity index (χ1v) is 5.08. The molecule has 0 fully saturated rings. The lowest BCUT2D eigenvalue weighted by molar-refractivity contribution is -0.117. The minimum Gasteiger partial charge on any atom is -0.327 e. The van der Waals surface area contributed by atoms with Crippen molar-refractivity contribution < 1.29 is 4.79 Å². The Morgan fingerprint density at radius 1 is 1.50 bits per heavy atom. The summed E-state index contributed by atoms with van der Waals surface area (Å²) in [5.74, 6) is 0.00374. The summed E-state index contributed by atoms with van der Waals surface area (Å²) in [6, 6.07) is -0.204. The van der Waals surface area contributed by atoms with E-state index in [0.29, 0.717) is 0 Å². The van der Waals surface area contributed by atoms with Gasteiger partial charge in [-0.25, -0.2) is 4.98 Å². The molecule has 0 saturated carbocycles. The maximum atomic E-state index is 11.6. The molecular weight excluding hydrogens is 206 g/mol. The third-order valence-corrected chi connectivity index (χ3v) is 2.25. The monoisotopic (exact) mass is 223 g/mol. The molecule has 16 heavy (non-hydrogen) atoms. The molecule has 1 aromatic rings. The fourth-order valence-corrected chi connectivity index (χ4v) is 0.987. The summed E-state index contributed by atoms with van der Waals surface area (Å²) >= 11 is 0. The van der Waals surface area contributed by atoms with E-state index in [1.54, 1.807) is 0 Å². The van der Waals surface area contributed by atoms with Crippen LogP contribution in [0.3, 0.4) is 0 Å². The maximum Gasteiger partial charge on any atom is 0.249 e. The normalized spacial score (nSPS) is 13.2. The van der Waals surface area contributed by atoms with Crippen LogP contribution in [0.1, 0.15) is 27.2 Å². The zero-order valence-electron chi connectivity index (χ0n) is 9.77. The molecule has 1 amide bonds. The number of carbonyl (C=O) groups is 1. The largest absolute Gasteiger partial charge is 0.327 e. The fourth-order valence-electron chi connectivity index (χ4n) is 0.987. The SMILES string of the molecule is CC(C)(C)C(N)CC(=O)Nc1nccnn1. The first kappa shape index (κ1) is 12.5. The summed E-state index contributed by atoms with van der Waals surface area (Å²) in [7, 11) is 0. The van der Waals surface area contributed by atoms with Crippen LogP contribution in [0.4, 0.5) is 5.95 Å². The van der Waals surface area contributed by atoms with Crippen LogP contribution in [-0.2, 0) is 4.79 Å². The molecule has 0 bridgehead atoms. The molecule has 6 heteroatoms. The lowest BCUT2D eigenvalue weighted by Crippen LogP contribution is -2.38. The standard InChI is InChI=1S/C10H17N5O/c1-10(2,3)7(11)6-8(16)14-9-12-4-5-13-15-9/h4-5,7H,6,11H2,1-3H3,(H,12,14,15,16). The van der Waals surface area contributed by atoms with E-state index >= 15 is 0 Å². The third kappa shape index (κ3) is 3.90. The van der Waals surface area contributed by atoms with Gasteiger partial charge in [-0.2, -0.15) is 5.10 Å². The lowest BCUT2D eigenvalue weighted by Gasteiger charge is -2.26. The van der Waals surface area contributed by atoms with Gasteiger partial charge in [-0.15, -0.1) is 5.10 Å². The minimum atomic E-state index is -0.204. The number of hydrogen-bond donors (Lipinski definition) is 2. The van der Waals surface area contributed by atoms with Gasteiger partial charge in [-0.1, -0.05) is 20.8 Å². The van der Waals surface area contributed by atoms with E-state index in [9.17, 15) is 4.79 Å². The fraction of sp³-hybridized carbons (Fsp3) is 0.600. The number of nitrogens with two attached hydrogens (primary N) is 1.